The first kappa shape index (κ1) is 32.6. The lowest BCUT2D eigenvalue weighted by atomic mass is 9.94. The number of rotatable bonds is 8. The Morgan fingerprint density at radius 3 is 2.47 bits per heavy atom. The molecular formula is C32H40Cl2N6O3S2. The third-order valence-corrected chi connectivity index (χ3v) is 11.9. The number of nitrogens with one attached hydrogen (secondary N) is 1. The van der Waals surface area contributed by atoms with Crippen molar-refractivity contribution in [3.63, 3.8) is 0 Å². The monoisotopic (exact) mass is 690 g/mol. The van der Waals surface area contributed by atoms with Crippen molar-refractivity contribution in [2.75, 3.05) is 61.0 Å². The summed E-state index contributed by atoms with van der Waals surface area (Å²) >= 11 is 15.9. The minimum Gasteiger partial charge on any atom is -0.466 e. The minimum atomic E-state index is -0.287. The van der Waals surface area contributed by atoms with E-state index in [1.54, 1.807) is 17.8 Å². The molecule has 6 rings (SSSR count). The molecule has 2 aromatic rings. The van der Waals surface area contributed by atoms with E-state index >= 15 is 0 Å². The van der Waals surface area contributed by atoms with Crippen LogP contribution in [0.1, 0.15) is 73.2 Å². The lowest BCUT2D eigenvalue weighted by molar-refractivity contribution is -0.148. The summed E-state index contributed by atoms with van der Waals surface area (Å²) in [4.78, 5) is 42.2. The molecule has 1 amide bonds. The van der Waals surface area contributed by atoms with Crippen LogP contribution in [0.2, 0.25) is 5.15 Å². The van der Waals surface area contributed by atoms with Gasteiger partial charge in [-0.25, -0.2) is 9.97 Å². The third-order valence-electron chi connectivity index (χ3n) is 9.11. The van der Waals surface area contributed by atoms with E-state index in [0.717, 1.165) is 36.9 Å². The molecule has 0 bridgehead atoms. The van der Waals surface area contributed by atoms with Gasteiger partial charge in [0.2, 0.25) is 0 Å². The molecule has 1 N–H and O–H groups in total. The molecule has 4 aliphatic rings. The minimum absolute atomic E-state index is 0.0158. The molecule has 5 heterocycles. The van der Waals surface area contributed by atoms with Crippen molar-refractivity contribution in [3.05, 3.63) is 51.3 Å². The van der Waals surface area contributed by atoms with Crippen LogP contribution in [-0.4, -0.2) is 78.7 Å². The maximum atomic E-state index is 13.5. The van der Waals surface area contributed by atoms with Crippen molar-refractivity contribution in [2.24, 2.45) is 5.92 Å². The second kappa shape index (κ2) is 15.1. The van der Waals surface area contributed by atoms with Crippen molar-refractivity contribution in [1.82, 2.24) is 14.9 Å². The van der Waals surface area contributed by atoms with Crippen LogP contribution in [0.25, 0.3) is 0 Å². The van der Waals surface area contributed by atoms with E-state index < -0.39 is 0 Å². The number of halogens is 2. The van der Waals surface area contributed by atoms with Crippen LogP contribution in [0.4, 0.5) is 15.8 Å². The van der Waals surface area contributed by atoms with Crippen LogP contribution >= 0.6 is 46.3 Å². The predicted molar refractivity (Wildman–Crippen MR) is 185 cm³/mol. The van der Waals surface area contributed by atoms with Gasteiger partial charge in [-0.3, -0.25) is 19.8 Å². The normalized spacial score (nSPS) is 21.9. The van der Waals surface area contributed by atoms with E-state index in [4.69, 9.17) is 32.9 Å². The summed E-state index contributed by atoms with van der Waals surface area (Å²) in [6, 6.07) is 2.49. The summed E-state index contributed by atoms with van der Waals surface area (Å²) in [5.74, 6) is -0.554. The topological polar surface area (TPSA) is 90.9 Å². The molecule has 0 aromatic carbocycles. The van der Waals surface area contributed by atoms with Gasteiger partial charge in [-0.05, 0) is 50.2 Å². The van der Waals surface area contributed by atoms with Crippen molar-refractivity contribution in [2.45, 2.75) is 63.2 Å². The quantitative estimate of drug-likeness (QED) is 0.230. The van der Waals surface area contributed by atoms with Gasteiger partial charge >= 0.3 is 5.97 Å². The van der Waals surface area contributed by atoms with Gasteiger partial charge in [0, 0.05) is 56.5 Å². The second-order valence-electron chi connectivity index (χ2n) is 11.9. The van der Waals surface area contributed by atoms with E-state index in [0.29, 0.717) is 65.1 Å². The summed E-state index contributed by atoms with van der Waals surface area (Å²) in [6.07, 6.45) is 13.5. The Morgan fingerprint density at radius 1 is 1.02 bits per heavy atom. The zero-order valence-corrected chi connectivity index (χ0v) is 28.7. The molecule has 3 aliphatic heterocycles. The number of esters is 1. The number of piperidine rings is 1. The Kier molecular flexibility index (Phi) is 10.9. The van der Waals surface area contributed by atoms with Gasteiger partial charge in [0.15, 0.2) is 10.3 Å². The number of thiazole rings is 1. The first-order chi connectivity index (χ1) is 21.9. The number of nitrogens with zero attached hydrogens (tertiary/aromatic N) is 5. The van der Waals surface area contributed by atoms with Crippen molar-refractivity contribution in [1.29, 1.82) is 0 Å². The average molecular weight is 692 g/mol. The molecule has 0 spiro atoms. The fraction of sp³-hybridized carbons (Fsp3) is 0.562. The lowest BCUT2D eigenvalue weighted by Gasteiger charge is -2.41. The molecule has 0 radical (unpaired) electrons. The van der Waals surface area contributed by atoms with E-state index in [9.17, 15) is 9.59 Å². The standard InChI is InChI=1S/C32H40Cl2N6O3S2/c1-2-43-31(42)21-10-12-39(13-11-21)25-18-22(19-35-28(25)34)29(41)37-32-36-27(26-9-8-23(33)20-44-26)30(45-32)40-16-14-38(15-17-40)24-6-4-3-5-7-24/h8-9,18-21,24,26H,2-7,10-17H2,1H3,(H,36,37,41). The van der Waals surface area contributed by atoms with Crippen LogP contribution in [-0.2, 0) is 9.53 Å². The van der Waals surface area contributed by atoms with Gasteiger partial charge in [0.25, 0.3) is 5.91 Å². The van der Waals surface area contributed by atoms with E-state index in [-0.39, 0.29) is 23.0 Å². The number of pyridine rings is 1. The number of allylic oxidation sites excluding steroid dienone is 2. The zero-order chi connectivity index (χ0) is 31.3. The Labute approximate surface area is 283 Å². The molecule has 2 aromatic heterocycles. The molecule has 1 atom stereocenters. The van der Waals surface area contributed by atoms with Gasteiger partial charge < -0.3 is 14.5 Å². The van der Waals surface area contributed by atoms with Gasteiger partial charge in [0.05, 0.1) is 34.7 Å². The molecule has 1 saturated carbocycles. The Morgan fingerprint density at radius 2 is 1.78 bits per heavy atom. The maximum absolute atomic E-state index is 13.5. The Balaban J connectivity index is 1.16. The average Bonchev–Trinajstić information content (AvgIpc) is 3.49. The number of hydrogen-bond acceptors (Lipinski definition) is 10. The summed E-state index contributed by atoms with van der Waals surface area (Å²) in [7, 11) is 0. The first-order valence-electron chi connectivity index (χ1n) is 16.0. The van der Waals surface area contributed by atoms with Gasteiger partial charge in [-0.15, -0.1) is 11.8 Å². The zero-order valence-electron chi connectivity index (χ0n) is 25.6. The summed E-state index contributed by atoms with van der Waals surface area (Å²) in [5, 5.41) is 7.71. The van der Waals surface area contributed by atoms with Crippen LogP contribution in [0.3, 0.4) is 0 Å². The fourth-order valence-electron chi connectivity index (χ4n) is 6.65. The highest BCUT2D eigenvalue weighted by atomic mass is 35.5. The third kappa shape index (κ3) is 7.81. The van der Waals surface area contributed by atoms with Crippen LogP contribution in [0.5, 0.6) is 0 Å². The smallest absolute Gasteiger partial charge is 0.309 e. The summed E-state index contributed by atoms with van der Waals surface area (Å²) < 4.78 is 5.20. The number of ether oxygens (including phenoxy) is 1. The number of aromatic nitrogens is 2. The van der Waals surface area contributed by atoms with Crippen LogP contribution < -0.4 is 15.1 Å². The molecule has 2 saturated heterocycles. The highest BCUT2D eigenvalue weighted by molar-refractivity contribution is 8.02. The molecule has 1 unspecified atom stereocenters. The first-order valence-corrected chi connectivity index (χ1v) is 18.5. The number of amides is 1. The molecule has 9 nitrogen and oxygen atoms in total. The summed E-state index contributed by atoms with van der Waals surface area (Å²) in [5.41, 5.74) is 2.04. The van der Waals surface area contributed by atoms with Gasteiger partial charge in [0.1, 0.15) is 5.00 Å². The van der Waals surface area contributed by atoms with Crippen molar-refractivity contribution in [3.8, 4) is 0 Å². The number of piperazine rings is 1. The van der Waals surface area contributed by atoms with Gasteiger partial charge in [-0.1, -0.05) is 59.9 Å². The Bertz CT molecular complexity index is 1430. The number of carbonyl (C=O) groups is 2. The number of thioether (sulfide) groups is 1. The summed E-state index contributed by atoms with van der Waals surface area (Å²) in [6.45, 7) is 7.43. The van der Waals surface area contributed by atoms with E-state index in [1.807, 2.05) is 18.4 Å². The second-order valence-corrected chi connectivity index (χ2v) is 14.7. The molecule has 242 valence electrons. The lowest BCUT2D eigenvalue weighted by Crippen LogP contribution is -2.50. The van der Waals surface area contributed by atoms with Crippen molar-refractivity contribution >= 4 is 74.0 Å². The molecule has 13 heteroatoms. The number of hydrogen-bond donors (Lipinski definition) is 1. The maximum Gasteiger partial charge on any atom is 0.309 e. The molecule has 45 heavy (non-hydrogen) atoms. The van der Waals surface area contributed by atoms with E-state index in [2.05, 4.69) is 31.1 Å². The molecule has 1 aliphatic carbocycles. The number of anilines is 3. The predicted octanol–water partition coefficient (Wildman–Crippen LogP) is 7.10. The van der Waals surface area contributed by atoms with Crippen LogP contribution in [0.15, 0.2) is 34.9 Å². The highest BCUT2D eigenvalue weighted by Gasteiger charge is 2.31. The van der Waals surface area contributed by atoms with Crippen molar-refractivity contribution < 1.29 is 14.3 Å². The molecule has 3 fully saturated rings. The molecular weight excluding hydrogens is 651 g/mol. The largest absolute Gasteiger partial charge is 0.466 e. The highest BCUT2D eigenvalue weighted by Crippen LogP contribution is 2.45. The SMILES string of the molecule is CCOC(=O)C1CCN(c2cc(C(=O)Nc3nc(C4C=CC(Cl)=CS4)c(N4CCN(C5CCCCC5)CC4)s3)cnc2Cl)CC1. The van der Waals surface area contributed by atoms with E-state index in [1.165, 1.54) is 49.6 Å². The van der Waals surface area contributed by atoms with Gasteiger partial charge in [-0.2, -0.15) is 0 Å². The number of carbonyl (C=O) groups excluding carboxylic acids is 2. The Hall–Kier alpha value is -2.31. The van der Waals surface area contributed by atoms with Crippen LogP contribution in [0, 0.1) is 5.92 Å². The fourth-order valence-corrected chi connectivity index (χ4v) is 9.05.